The van der Waals surface area contributed by atoms with Crippen LogP contribution >= 0.6 is 0 Å². The van der Waals surface area contributed by atoms with E-state index in [9.17, 15) is 0 Å². The molecule has 2 heteroatoms. The third-order valence-electron chi connectivity index (χ3n) is 1.72. The summed E-state index contributed by atoms with van der Waals surface area (Å²) in [4.78, 5) is 0. The van der Waals surface area contributed by atoms with Crippen LogP contribution in [0.5, 0.6) is 0 Å². The Morgan fingerprint density at radius 2 is 1.25 bits per heavy atom. The smallest absolute Gasteiger partial charge is 0.117 e. The van der Waals surface area contributed by atoms with Crippen LogP contribution < -0.4 is 0 Å². The molecule has 0 saturated heterocycles. The highest BCUT2D eigenvalue weighted by atomic mass is 16.5. The standard InChI is InChI=1S/C10H18O2/c1-5-9(11-3)7-8-10(6-2)12-4/h9-10H,5-6H2,1-4H3. The molecule has 0 aromatic carbocycles. The molecular weight excluding hydrogens is 152 g/mol. The van der Waals surface area contributed by atoms with Crippen LogP contribution in [0.2, 0.25) is 0 Å². The van der Waals surface area contributed by atoms with E-state index in [2.05, 4.69) is 25.7 Å². The van der Waals surface area contributed by atoms with Crippen molar-refractivity contribution in [2.75, 3.05) is 14.2 Å². The molecule has 0 aromatic heterocycles. The number of methoxy groups -OCH3 is 2. The van der Waals surface area contributed by atoms with Crippen LogP contribution in [0.15, 0.2) is 0 Å². The van der Waals surface area contributed by atoms with Gasteiger partial charge in [-0.2, -0.15) is 0 Å². The first-order valence-electron chi connectivity index (χ1n) is 4.35. The van der Waals surface area contributed by atoms with Gasteiger partial charge >= 0.3 is 0 Å². The lowest BCUT2D eigenvalue weighted by molar-refractivity contribution is 0.137. The van der Waals surface area contributed by atoms with Gasteiger partial charge in [-0.05, 0) is 12.8 Å². The van der Waals surface area contributed by atoms with Crippen LogP contribution in [0.1, 0.15) is 26.7 Å². The summed E-state index contributed by atoms with van der Waals surface area (Å²) in [7, 11) is 3.35. The minimum Gasteiger partial charge on any atom is -0.369 e. The van der Waals surface area contributed by atoms with Crippen LogP contribution in [0, 0.1) is 11.8 Å². The fourth-order valence-electron chi connectivity index (χ4n) is 0.841. The van der Waals surface area contributed by atoms with Gasteiger partial charge in [0.05, 0.1) is 0 Å². The molecule has 2 atom stereocenters. The van der Waals surface area contributed by atoms with Gasteiger partial charge in [-0.1, -0.05) is 25.7 Å². The Labute approximate surface area is 75.3 Å². The second-order valence-electron chi connectivity index (χ2n) is 2.55. The number of rotatable bonds is 4. The van der Waals surface area contributed by atoms with E-state index in [-0.39, 0.29) is 12.2 Å². The molecule has 70 valence electrons. The van der Waals surface area contributed by atoms with Crippen LogP contribution in [-0.2, 0) is 9.47 Å². The van der Waals surface area contributed by atoms with E-state index in [1.165, 1.54) is 0 Å². The normalized spacial score (nSPS) is 14.7. The maximum Gasteiger partial charge on any atom is 0.117 e. The number of hydrogen-bond acceptors (Lipinski definition) is 2. The lowest BCUT2D eigenvalue weighted by Gasteiger charge is -2.06. The Kier molecular flexibility index (Phi) is 6.84. The van der Waals surface area contributed by atoms with Crippen LogP contribution in [0.3, 0.4) is 0 Å². The van der Waals surface area contributed by atoms with Gasteiger partial charge in [0.25, 0.3) is 0 Å². The van der Waals surface area contributed by atoms with Crippen LogP contribution in [0.4, 0.5) is 0 Å². The summed E-state index contributed by atoms with van der Waals surface area (Å²) in [6.45, 7) is 4.10. The molecular formula is C10H18O2. The molecule has 2 unspecified atom stereocenters. The van der Waals surface area contributed by atoms with Crippen molar-refractivity contribution in [3.05, 3.63) is 0 Å². The molecule has 2 nitrogen and oxygen atoms in total. The van der Waals surface area contributed by atoms with Crippen LogP contribution in [-0.4, -0.2) is 26.4 Å². The molecule has 0 bridgehead atoms. The Hall–Kier alpha value is -0.520. The van der Waals surface area contributed by atoms with E-state index in [0.29, 0.717) is 0 Å². The summed E-state index contributed by atoms with van der Waals surface area (Å²) >= 11 is 0. The highest BCUT2D eigenvalue weighted by Crippen LogP contribution is 1.96. The molecule has 0 heterocycles. The average Bonchev–Trinajstić information content (AvgIpc) is 2.13. The van der Waals surface area contributed by atoms with E-state index < -0.39 is 0 Å². The molecule has 0 radical (unpaired) electrons. The molecule has 0 amide bonds. The monoisotopic (exact) mass is 170 g/mol. The van der Waals surface area contributed by atoms with Crippen LogP contribution in [0.25, 0.3) is 0 Å². The van der Waals surface area contributed by atoms with E-state index in [0.717, 1.165) is 12.8 Å². The summed E-state index contributed by atoms with van der Waals surface area (Å²) < 4.78 is 10.2. The molecule has 0 rings (SSSR count). The summed E-state index contributed by atoms with van der Waals surface area (Å²) in [6, 6.07) is 0. The Bertz CT molecular complexity index is 131. The highest BCUT2D eigenvalue weighted by molar-refractivity contribution is 5.09. The zero-order chi connectivity index (χ0) is 9.40. The van der Waals surface area contributed by atoms with Gasteiger partial charge in [0.15, 0.2) is 0 Å². The molecule has 0 spiro atoms. The highest BCUT2D eigenvalue weighted by Gasteiger charge is 2.00. The third-order valence-corrected chi connectivity index (χ3v) is 1.72. The van der Waals surface area contributed by atoms with Crippen molar-refractivity contribution in [3.63, 3.8) is 0 Å². The molecule has 0 N–H and O–H groups in total. The molecule has 0 aliphatic heterocycles. The molecule has 12 heavy (non-hydrogen) atoms. The van der Waals surface area contributed by atoms with Crippen molar-refractivity contribution in [3.8, 4) is 11.8 Å². The minimum atomic E-state index is 0.0502. The van der Waals surface area contributed by atoms with E-state index >= 15 is 0 Å². The van der Waals surface area contributed by atoms with Gasteiger partial charge < -0.3 is 9.47 Å². The fraction of sp³-hybridized carbons (Fsp3) is 0.800. The second-order valence-corrected chi connectivity index (χ2v) is 2.55. The predicted octanol–water partition coefficient (Wildman–Crippen LogP) is 1.84. The van der Waals surface area contributed by atoms with Crippen molar-refractivity contribution in [2.24, 2.45) is 0 Å². The first kappa shape index (κ1) is 11.5. The van der Waals surface area contributed by atoms with Gasteiger partial charge in [-0.3, -0.25) is 0 Å². The zero-order valence-corrected chi connectivity index (χ0v) is 8.39. The van der Waals surface area contributed by atoms with Gasteiger partial charge in [0, 0.05) is 14.2 Å². The fourth-order valence-corrected chi connectivity index (χ4v) is 0.841. The summed E-state index contributed by atoms with van der Waals surface area (Å²) in [5.74, 6) is 6.05. The summed E-state index contributed by atoms with van der Waals surface area (Å²) in [5.41, 5.74) is 0. The maximum atomic E-state index is 5.11. The predicted molar refractivity (Wildman–Crippen MR) is 50.0 cm³/mol. The van der Waals surface area contributed by atoms with Gasteiger partial charge in [-0.15, -0.1) is 0 Å². The topological polar surface area (TPSA) is 18.5 Å². The first-order valence-corrected chi connectivity index (χ1v) is 4.35. The maximum absolute atomic E-state index is 5.11. The van der Waals surface area contributed by atoms with E-state index in [4.69, 9.17) is 9.47 Å². The Morgan fingerprint density at radius 1 is 0.917 bits per heavy atom. The van der Waals surface area contributed by atoms with Crippen molar-refractivity contribution < 1.29 is 9.47 Å². The van der Waals surface area contributed by atoms with Crippen molar-refractivity contribution in [1.82, 2.24) is 0 Å². The van der Waals surface area contributed by atoms with E-state index in [1.54, 1.807) is 14.2 Å². The Balaban J connectivity index is 3.96. The number of hydrogen-bond donors (Lipinski definition) is 0. The van der Waals surface area contributed by atoms with Gasteiger partial charge in [-0.25, -0.2) is 0 Å². The zero-order valence-electron chi connectivity index (χ0n) is 8.39. The molecule has 0 saturated carbocycles. The second kappa shape index (κ2) is 7.15. The Morgan fingerprint density at radius 3 is 1.42 bits per heavy atom. The largest absolute Gasteiger partial charge is 0.369 e. The molecule has 0 aromatic rings. The first-order chi connectivity index (χ1) is 5.78. The van der Waals surface area contributed by atoms with Crippen molar-refractivity contribution in [1.29, 1.82) is 0 Å². The average molecular weight is 170 g/mol. The molecule has 0 aliphatic carbocycles. The SMILES string of the molecule is CCC(C#CC(CC)OC)OC. The summed E-state index contributed by atoms with van der Waals surface area (Å²) in [5, 5.41) is 0. The van der Waals surface area contributed by atoms with Crippen molar-refractivity contribution in [2.45, 2.75) is 38.9 Å². The summed E-state index contributed by atoms with van der Waals surface area (Å²) in [6.07, 6.45) is 1.94. The quantitative estimate of drug-likeness (QED) is 0.599. The third kappa shape index (κ3) is 4.38. The van der Waals surface area contributed by atoms with E-state index in [1.807, 2.05) is 0 Å². The van der Waals surface area contributed by atoms with Crippen molar-refractivity contribution >= 4 is 0 Å². The lowest BCUT2D eigenvalue weighted by Crippen LogP contribution is -2.09. The van der Waals surface area contributed by atoms with Gasteiger partial charge in [0.2, 0.25) is 0 Å². The molecule has 0 aliphatic rings. The number of ether oxygens (including phenoxy) is 2. The molecule has 0 fully saturated rings. The minimum absolute atomic E-state index is 0.0502. The van der Waals surface area contributed by atoms with Gasteiger partial charge in [0.1, 0.15) is 12.2 Å². The lowest BCUT2D eigenvalue weighted by atomic mass is 10.2.